The number of hydrazone groups is 1. The second-order valence-corrected chi connectivity index (χ2v) is 6.75. The first-order chi connectivity index (χ1) is 10.1. The van der Waals surface area contributed by atoms with Crippen LogP contribution in [0.5, 0.6) is 0 Å². The SMILES string of the molecule is C/C(=N/NC(=S)NCCN1CCOCC1)c1ccc(Cl)s1. The smallest absolute Gasteiger partial charge is 0.187 e. The molecule has 2 heterocycles. The second-order valence-electron chi connectivity index (χ2n) is 4.62. The van der Waals surface area contributed by atoms with Gasteiger partial charge in [0.05, 0.1) is 28.1 Å². The summed E-state index contributed by atoms with van der Waals surface area (Å²) in [4.78, 5) is 3.38. The summed E-state index contributed by atoms with van der Waals surface area (Å²) in [6.07, 6.45) is 0. The minimum atomic E-state index is 0.533. The van der Waals surface area contributed by atoms with Crippen molar-refractivity contribution in [3.05, 3.63) is 21.3 Å². The molecule has 1 saturated heterocycles. The zero-order valence-electron chi connectivity index (χ0n) is 11.9. The van der Waals surface area contributed by atoms with Gasteiger partial charge in [-0.05, 0) is 31.3 Å². The molecule has 1 aromatic heterocycles. The maximum absolute atomic E-state index is 5.90. The van der Waals surface area contributed by atoms with Crippen LogP contribution in [-0.4, -0.2) is 55.1 Å². The third-order valence-electron chi connectivity index (χ3n) is 3.07. The fourth-order valence-electron chi connectivity index (χ4n) is 1.89. The zero-order chi connectivity index (χ0) is 15.1. The third-order valence-corrected chi connectivity index (χ3v) is 4.65. The van der Waals surface area contributed by atoms with E-state index in [1.54, 1.807) is 0 Å². The molecule has 0 spiro atoms. The molecule has 5 nitrogen and oxygen atoms in total. The molecule has 0 aromatic carbocycles. The lowest BCUT2D eigenvalue weighted by molar-refractivity contribution is 0.0389. The number of nitrogens with one attached hydrogen (secondary N) is 2. The fraction of sp³-hybridized carbons (Fsp3) is 0.538. The van der Waals surface area contributed by atoms with Gasteiger partial charge in [0, 0.05) is 26.2 Å². The number of halogens is 1. The van der Waals surface area contributed by atoms with Crippen LogP contribution < -0.4 is 10.7 Å². The third kappa shape index (κ3) is 5.88. The summed E-state index contributed by atoms with van der Waals surface area (Å²) in [6.45, 7) is 7.27. The number of rotatable bonds is 5. The molecule has 1 aromatic rings. The van der Waals surface area contributed by atoms with Gasteiger partial charge >= 0.3 is 0 Å². The minimum Gasteiger partial charge on any atom is -0.379 e. The first-order valence-corrected chi connectivity index (χ1v) is 8.39. The van der Waals surface area contributed by atoms with Gasteiger partial charge in [0.15, 0.2) is 5.11 Å². The van der Waals surface area contributed by atoms with Crippen LogP contribution in [0.4, 0.5) is 0 Å². The number of nitrogens with zero attached hydrogens (tertiary/aromatic N) is 2. The molecule has 0 saturated carbocycles. The zero-order valence-corrected chi connectivity index (χ0v) is 14.3. The van der Waals surface area contributed by atoms with Gasteiger partial charge in [-0.15, -0.1) is 11.3 Å². The van der Waals surface area contributed by atoms with Gasteiger partial charge in [0.2, 0.25) is 0 Å². The van der Waals surface area contributed by atoms with Crippen LogP contribution in [0.3, 0.4) is 0 Å². The molecular formula is C13H19ClN4OS2. The Balaban J connectivity index is 1.67. The summed E-state index contributed by atoms with van der Waals surface area (Å²) in [6, 6.07) is 3.81. The van der Waals surface area contributed by atoms with Gasteiger partial charge in [-0.2, -0.15) is 5.10 Å². The number of morpholine rings is 1. The van der Waals surface area contributed by atoms with E-state index < -0.39 is 0 Å². The van der Waals surface area contributed by atoms with Crippen LogP contribution >= 0.6 is 35.2 Å². The Bertz CT molecular complexity index is 500. The molecule has 0 amide bonds. The predicted molar refractivity (Wildman–Crippen MR) is 92.5 cm³/mol. The summed E-state index contributed by atoms with van der Waals surface area (Å²) in [5.74, 6) is 0. The average molecular weight is 347 g/mol. The highest BCUT2D eigenvalue weighted by molar-refractivity contribution is 7.80. The van der Waals surface area contributed by atoms with E-state index in [4.69, 9.17) is 28.6 Å². The van der Waals surface area contributed by atoms with Gasteiger partial charge < -0.3 is 10.1 Å². The Morgan fingerprint density at radius 2 is 2.24 bits per heavy atom. The van der Waals surface area contributed by atoms with Crippen LogP contribution in [0.1, 0.15) is 11.8 Å². The highest BCUT2D eigenvalue weighted by Crippen LogP contribution is 2.21. The maximum Gasteiger partial charge on any atom is 0.187 e. The topological polar surface area (TPSA) is 48.9 Å². The van der Waals surface area contributed by atoms with Gasteiger partial charge in [-0.3, -0.25) is 10.3 Å². The van der Waals surface area contributed by atoms with Crippen molar-refractivity contribution >= 4 is 46.0 Å². The predicted octanol–water partition coefficient (Wildman–Crippen LogP) is 1.92. The van der Waals surface area contributed by atoms with Gasteiger partial charge in [-0.25, -0.2) is 0 Å². The van der Waals surface area contributed by atoms with Crippen molar-refractivity contribution in [1.82, 2.24) is 15.6 Å². The molecule has 0 aliphatic carbocycles. The van der Waals surface area contributed by atoms with Gasteiger partial charge in [0.25, 0.3) is 0 Å². The molecule has 0 atom stereocenters. The van der Waals surface area contributed by atoms with Crippen LogP contribution in [0.2, 0.25) is 4.34 Å². The van der Waals surface area contributed by atoms with Gasteiger partial charge in [-0.1, -0.05) is 11.6 Å². The Morgan fingerprint density at radius 1 is 1.48 bits per heavy atom. The summed E-state index contributed by atoms with van der Waals surface area (Å²) in [7, 11) is 0. The van der Waals surface area contributed by atoms with E-state index in [-0.39, 0.29) is 0 Å². The Hall–Kier alpha value is -0.730. The summed E-state index contributed by atoms with van der Waals surface area (Å²) in [5.41, 5.74) is 3.72. The van der Waals surface area contributed by atoms with E-state index in [9.17, 15) is 0 Å². The molecule has 116 valence electrons. The fourth-order valence-corrected chi connectivity index (χ4v) is 3.03. The van der Waals surface area contributed by atoms with Crippen LogP contribution in [0.15, 0.2) is 17.2 Å². The lowest BCUT2D eigenvalue weighted by Crippen LogP contribution is -2.42. The number of thiocarbonyl (C=S) groups is 1. The number of ether oxygens (including phenoxy) is 1. The molecule has 0 radical (unpaired) electrons. The Morgan fingerprint density at radius 3 is 2.90 bits per heavy atom. The molecular weight excluding hydrogens is 328 g/mol. The minimum absolute atomic E-state index is 0.533. The summed E-state index contributed by atoms with van der Waals surface area (Å²) < 4.78 is 6.06. The van der Waals surface area contributed by atoms with E-state index in [1.165, 1.54) is 11.3 Å². The summed E-state index contributed by atoms with van der Waals surface area (Å²) in [5, 5.41) is 7.94. The van der Waals surface area contributed by atoms with Crippen LogP contribution in [-0.2, 0) is 4.74 Å². The molecule has 2 N–H and O–H groups in total. The van der Waals surface area contributed by atoms with E-state index >= 15 is 0 Å². The van der Waals surface area contributed by atoms with E-state index in [0.29, 0.717) is 5.11 Å². The van der Waals surface area contributed by atoms with Crippen LogP contribution in [0.25, 0.3) is 0 Å². The first-order valence-electron chi connectivity index (χ1n) is 6.79. The van der Waals surface area contributed by atoms with Crippen molar-refractivity contribution in [2.45, 2.75) is 6.92 Å². The largest absolute Gasteiger partial charge is 0.379 e. The van der Waals surface area contributed by atoms with Crippen molar-refractivity contribution in [1.29, 1.82) is 0 Å². The van der Waals surface area contributed by atoms with Crippen molar-refractivity contribution < 1.29 is 4.74 Å². The molecule has 21 heavy (non-hydrogen) atoms. The molecule has 2 rings (SSSR count). The van der Waals surface area contributed by atoms with Crippen LogP contribution in [0, 0.1) is 0 Å². The molecule has 8 heteroatoms. The van der Waals surface area contributed by atoms with Crippen molar-refractivity contribution in [2.24, 2.45) is 5.10 Å². The Kier molecular flexibility index (Phi) is 6.85. The number of hydrogen-bond donors (Lipinski definition) is 2. The van der Waals surface area contributed by atoms with E-state index in [2.05, 4.69) is 20.7 Å². The lowest BCUT2D eigenvalue weighted by atomic mass is 10.3. The van der Waals surface area contributed by atoms with Crippen molar-refractivity contribution in [3.8, 4) is 0 Å². The highest BCUT2D eigenvalue weighted by atomic mass is 35.5. The van der Waals surface area contributed by atoms with Gasteiger partial charge in [0.1, 0.15) is 0 Å². The monoisotopic (exact) mass is 346 g/mol. The van der Waals surface area contributed by atoms with E-state index in [0.717, 1.165) is 54.3 Å². The van der Waals surface area contributed by atoms with Crippen molar-refractivity contribution in [2.75, 3.05) is 39.4 Å². The highest BCUT2D eigenvalue weighted by Gasteiger charge is 2.09. The molecule has 1 aliphatic rings. The lowest BCUT2D eigenvalue weighted by Gasteiger charge is -2.26. The van der Waals surface area contributed by atoms with E-state index in [1.807, 2.05) is 19.1 Å². The molecule has 1 fully saturated rings. The Labute approximate surface area is 139 Å². The summed E-state index contributed by atoms with van der Waals surface area (Å²) >= 11 is 12.6. The molecule has 0 unspecified atom stereocenters. The number of thiophene rings is 1. The number of hydrogen-bond acceptors (Lipinski definition) is 5. The maximum atomic E-state index is 5.90. The average Bonchev–Trinajstić information content (AvgIpc) is 2.92. The molecule has 1 aliphatic heterocycles. The van der Waals surface area contributed by atoms with Crippen molar-refractivity contribution in [3.63, 3.8) is 0 Å². The molecule has 0 bridgehead atoms. The first kappa shape index (κ1) is 16.6. The normalized spacial score (nSPS) is 16.8. The quantitative estimate of drug-likeness (QED) is 0.484. The second kappa shape index (κ2) is 8.65. The standard InChI is InChI=1S/C13H19ClN4OS2/c1-10(11-2-3-12(14)21-11)16-17-13(20)15-4-5-18-6-8-19-9-7-18/h2-3H,4-9H2,1H3,(H2,15,17,20)/b16-10-.